The summed E-state index contributed by atoms with van der Waals surface area (Å²) in [6.07, 6.45) is -1.01. The van der Waals surface area contributed by atoms with Crippen molar-refractivity contribution in [1.29, 1.82) is 5.26 Å². The Morgan fingerprint density at radius 3 is 3.00 bits per heavy atom. The summed E-state index contributed by atoms with van der Waals surface area (Å²) >= 11 is 1.65. The van der Waals surface area contributed by atoms with E-state index in [4.69, 9.17) is 5.26 Å². The average Bonchev–Trinajstić information content (AvgIpc) is 2.63. The summed E-state index contributed by atoms with van der Waals surface area (Å²) in [4.78, 5) is 0. The molecule has 1 N–H and O–H groups in total. The summed E-state index contributed by atoms with van der Waals surface area (Å²) < 4.78 is 1.17. The molecule has 0 aliphatic heterocycles. The third-order valence-corrected chi connectivity index (χ3v) is 2.81. The van der Waals surface area contributed by atoms with Gasteiger partial charge in [-0.2, -0.15) is 5.26 Å². The van der Waals surface area contributed by atoms with Crippen molar-refractivity contribution < 1.29 is 5.11 Å². The minimum atomic E-state index is -1.01. The minimum absolute atomic E-state index is 0.661. The van der Waals surface area contributed by atoms with E-state index in [-0.39, 0.29) is 0 Å². The van der Waals surface area contributed by atoms with Crippen molar-refractivity contribution in [2.24, 2.45) is 0 Å². The van der Waals surface area contributed by atoms with Gasteiger partial charge < -0.3 is 5.11 Å². The van der Waals surface area contributed by atoms with E-state index in [2.05, 4.69) is 0 Å². The molecule has 0 aliphatic carbocycles. The summed E-state index contributed by atoms with van der Waals surface area (Å²) in [6.45, 7) is 0. The van der Waals surface area contributed by atoms with Crippen molar-refractivity contribution in [3.05, 3.63) is 35.2 Å². The monoisotopic (exact) mass is 189 g/mol. The number of hydrogen-bond donors (Lipinski definition) is 1. The number of nitriles is 1. The second kappa shape index (κ2) is 3.17. The zero-order chi connectivity index (χ0) is 9.26. The summed E-state index contributed by atoms with van der Waals surface area (Å²) in [7, 11) is 0. The van der Waals surface area contributed by atoms with Crippen molar-refractivity contribution >= 4 is 21.4 Å². The van der Waals surface area contributed by atoms with Gasteiger partial charge >= 0.3 is 0 Å². The highest BCUT2D eigenvalue weighted by Gasteiger charge is 2.05. The summed E-state index contributed by atoms with van der Waals surface area (Å²) in [5.74, 6) is 0. The first-order chi connectivity index (χ1) is 6.31. The SMILES string of the molecule is N#CC(O)c1ccc2sccc2c1. The lowest BCUT2D eigenvalue weighted by Gasteiger charge is -2.00. The zero-order valence-corrected chi connectivity index (χ0v) is 7.58. The molecule has 1 aromatic carbocycles. The van der Waals surface area contributed by atoms with E-state index >= 15 is 0 Å². The van der Waals surface area contributed by atoms with Crippen LogP contribution in [0.4, 0.5) is 0 Å². The number of rotatable bonds is 1. The standard InChI is InChI=1S/C10H7NOS/c11-6-9(12)7-1-2-10-8(5-7)3-4-13-10/h1-5,9,12H. The molecule has 1 heterocycles. The average molecular weight is 189 g/mol. The molecular weight excluding hydrogens is 182 g/mol. The summed E-state index contributed by atoms with van der Waals surface area (Å²) in [5.41, 5.74) is 0.661. The zero-order valence-electron chi connectivity index (χ0n) is 6.77. The summed E-state index contributed by atoms with van der Waals surface area (Å²) in [6, 6.07) is 9.33. The topological polar surface area (TPSA) is 44.0 Å². The van der Waals surface area contributed by atoms with Crippen molar-refractivity contribution in [2.75, 3.05) is 0 Å². The van der Waals surface area contributed by atoms with Crippen LogP contribution in [-0.2, 0) is 0 Å². The lowest BCUT2D eigenvalue weighted by atomic mass is 10.1. The Morgan fingerprint density at radius 1 is 1.38 bits per heavy atom. The second-order valence-electron chi connectivity index (χ2n) is 2.75. The molecule has 0 bridgehead atoms. The fourth-order valence-electron chi connectivity index (χ4n) is 1.23. The fraction of sp³-hybridized carbons (Fsp3) is 0.100. The molecule has 2 aromatic rings. The van der Waals surface area contributed by atoms with E-state index in [0.29, 0.717) is 5.56 Å². The predicted molar refractivity (Wildman–Crippen MR) is 52.4 cm³/mol. The molecule has 0 saturated heterocycles. The van der Waals surface area contributed by atoms with Gasteiger partial charge in [0.1, 0.15) is 0 Å². The van der Waals surface area contributed by atoms with Crippen molar-refractivity contribution in [1.82, 2.24) is 0 Å². The first-order valence-electron chi connectivity index (χ1n) is 3.86. The Labute approximate surface area is 79.7 Å². The number of aliphatic hydroxyl groups is 1. The first kappa shape index (κ1) is 8.24. The molecule has 13 heavy (non-hydrogen) atoms. The van der Waals surface area contributed by atoms with E-state index in [1.54, 1.807) is 23.5 Å². The number of hydrogen-bond acceptors (Lipinski definition) is 3. The molecule has 0 amide bonds. The van der Waals surface area contributed by atoms with Crippen LogP contribution in [0.2, 0.25) is 0 Å². The third-order valence-electron chi connectivity index (χ3n) is 1.91. The van der Waals surface area contributed by atoms with Gasteiger partial charge in [-0.25, -0.2) is 0 Å². The number of fused-ring (bicyclic) bond motifs is 1. The Bertz CT molecular complexity index is 469. The van der Waals surface area contributed by atoms with Crippen molar-refractivity contribution in [2.45, 2.75) is 6.10 Å². The van der Waals surface area contributed by atoms with E-state index in [9.17, 15) is 5.11 Å². The Morgan fingerprint density at radius 2 is 2.23 bits per heavy atom. The van der Waals surface area contributed by atoms with Crippen LogP contribution < -0.4 is 0 Å². The highest BCUT2D eigenvalue weighted by Crippen LogP contribution is 2.24. The maximum Gasteiger partial charge on any atom is 0.165 e. The normalized spacial score (nSPS) is 12.6. The number of nitrogens with zero attached hydrogens (tertiary/aromatic N) is 1. The van der Waals surface area contributed by atoms with Crippen LogP contribution in [0.25, 0.3) is 10.1 Å². The van der Waals surface area contributed by atoms with Crippen LogP contribution >= 0.6 is 11.3 Å². The van der Waals surface area contributed by atoms with Crippen LogP contribution in [-0.4, -0.2) is 5.11 Å². The number of benzene rings is 1. The maximum absolute atomic E-state index is 9.27. The highest BCUT2D eigenvalue weighted by atomic mass is 32.1. The van der Waals surface area contributed by atoms with E-state index in [1.807, 2.05) is 23.6 Å². The van der Waals surface area contributed by atoms with Crippen LogP contribution in [0.15, 0.2) is 29.6 Å². The molecule has 64 valence electrons. The first-order valence-corrected chi connectivity index (χ1v) is 4.74. The third kappa shape index (κ3) is 1.42. The van der Waals surface area contributed by atoms with Gasteiger partial charge in [-0.1, -0.05) is 6.07 Å². The van der Waals surface area contributed by atoms with Gasteiger partial charge in [-0.15, -0.1) is 11.3 Å². The molecule has 0 spiro atoms. The molecule has 3 heteroatoms. The summed E-state index contributed by atoms with van der Waals surface area (Å²) in [5, 5.41) is 20.9. The Kier molecular flexibility index (Phi) is 2.01. The molecule has 0 saturated carbocycles. The number of aliphatic hydroxyl groups excluding tert-OH is 1. The molecular formula is C10H7NOS. The lowest BCUT2D eigenvalue weighted by Crippen LogP contribution is -1.91. The van der Waals surface area contributed by atoms with Gasteiger partial charge in [0.05, 0.1) is 6.07 Å². The molecule has 0 radical (unpaired) electrons. The van der Waals surface area contributed by atoms with Gasteiger partial charge in [0.2, 0.25) is 0 Å². The van der Waals surface area contributed by atoms with Crippen LogP contribution in [0.5, 0.6) is 0 Å². The molecule has 2 rings (SSSR count). The highest BCUT2D eigenvalue weighted by molar-refractivity contribution is 7.17. The number of thiophene rings is 1. The van der Waals surface area contributed by atoms with Crippen LogP contribution in [0.1, 0.15) is 11.7 Å². The quantitative estimate of drug-likeness (QED) is 0.700. The van der Waals surface area contributed by atoms with E-state index < -0.39 is 6.10 Å². The van der Waals surface area contributed by atoms with Gasteiger partial charge in [0.25, 0.3) is 0 Å². The smallest absolute Gasteiger partial charge is 0.165 e. The fourth-order valence-corrected chi connectivity index (χ4v) is 2.00. The lowest BCUT2D eigenvalue weighted by molar-refractivity contribution is 0.236. The Hall–Kier alpha value is -1.37. The Balaban J connectivity index is 2.55. The molecule has 0 fully saturated rings. The maximum atomic E-state index is 9.27. The van der Waals surface area contributed by atoms with Crippen molar-refractivity contribution in [3.63, 3.8) is 0 Å². The molecule has 0 aliphatic rings. The minimum Gasteiger partial charge on any atom is -0.374 e. The van der Waals surface area contributed by atoms with E-state index in [1.165, 1.54) is 4.70 Å². The van der Waals surface area contributed by atoms with Crippen LogP contribution in [0.3, 0.4) is 0 Å². The predicted octanol–water partition coefficient (Wildman–Crippen LogP) is 2.46. The van der Waals surface area contributed by atoms with Crippen molar-refractivity contribution in [3.8, 4) is 6.07 Å². The van der Waals surface area contributed by atoms with Gasteiger partial charge in [0.15, 0.2) is 6.10 Å². The molecule has 1 aromatic heterocycles. The van der Waals surface area contributed by atoms with E-state index in [0.717, 1.165) is 5.39 Å². The van der Waals surface area contributed by atoms with Gasteiger partial charge in [0, 0.05) is 4.70 Å². The molecule has 1 atom stereocenters. The van der Waals surface area contributed by atoms with Gasteiger partial charge in [-0.05, 0) is 34.5 Å². The molecule has 1 unspecified atom stereocenters. The molecule has 2 nitrogen and oxygen atoms in total. The largest absolute Gasteiger partial charge is 0.374 e. The van der Waals surface area contributed by atoms with Gasteiger partial charge in [-0.3, -0.25) is 0 Å². The second-order valence-corrected chi connectivity index (χ2v) is 3.70. The van der Waals surface area contributed by atoms with Crippen LogP contribution in [0, 0.1) is 11.3 Å².